The molecule has 1 aromatic rings. The number of benzene rings is 1. The van der Waals surface area contributed by atoms with Gasteiger partial charge in [-0.3, -0.25) is 9.69 Å². The summed E-state index contributed by atoms with van der Waals surface area (Å²) in [6.07, 6.45) is -3.48. The minimum Gasteiger partial charge on any atom is -0.341 e. The molecule has 0 radical (unpaired) electrons. The van der Waals surface area contributed by atoms with Gasteiger partial charge in [-0.2, -0.15) is 13.2 Å². The Morgan fingerprint density at radius 3 is 2.46 bits per heavy atom. The topological polar surface area (TPSA) is 49.6 Å². The third kappa shape index (κ3) is 7.31. The van der Waals surface area contributed by atoms with Crippen LogP contribution in [0.4, 0.5) is 13.2 Å². The molecule has 0 aliphatic carbocycles. The standard InChI is InChI=1S/C17H24F3N3O.2ClH/c1-2-22(12-17(18,19)20)10-13-8-9-23(11-13)16(24)15(21)14-6-4-3-5-7-14;;/h3-7,13,15H,2,8-12,21H2,1H3;2*1H. The zero-order valence-corrected chi connectivity index (χ0v) is 16.2. The lowest BCUT2D eigenvalue weighted by atomic mass is 10.1. The lowest BCUT2D eigenvalue weighted by molar-refractivity contribution is -0.146. The van der Waals surface area contributed by atoms with Crippen molar-refractivity contribution < 1.29 is 18.0 Å². The quantitative estimate of drug-likeness (QED) is 0.775. The van der Waals surface area contributed by atoms with Gasteiger partial charge in [-0.25, -0.2) is 0 Å². The summed E-state index contributed by atoms with van der Waals surface area (Å²) in [5.74, 6) is -0.109. The number of amides is 1. The number of alkyl halides is 3. The minimum atomic E-state index is -4.19. The predicted octanol–water partition coefficient (Wildman–Crippen LogP) is 3.26. The molecule has 26 heavy (non-hydrogen) atoms. The summed E-state index contributed by atoms with van der Waals surface area (Å²) in [6, 6.07) is 8.39. The molecular weight excluding hydrogens is 390 g/mol. The van der Waals surface area contributed by atoms with E-state index < -0.39 is 18.8 Å². The van der Waals surface area contributed by atoms with E-state index >= 15 is 0 Å². The van der Waals surface area contributed by atoms with Crippen LogP contribution in [0.3, 0.4) is 0 Å². The summed E-state index contributed by atoms with van der Waals surface area (Å²) < 4.78 is 37.6. The van der Waals surface area contributed by atoms with Crippen molar-refractivity contribution in [3.05, 3.63) is 35.9 Å². The molecule has 2 unspecified atom stereocenters. The van der Waals surface area contributed by atoms with Gasteiger partial charge in [-0.15, -0.1) is 24.8 Å². The molecule has 1 fully saturated rings. The van der Waals surface area contributed by atoms with Crippen LogP contribution < -0.4 is 5.73 Å². The number of hydrogen-bond acceptors (Lipinski definition) is 3. The lowest BCUT2D eigenvalue weighted by Gasteiger charge is -2.25. The summed E-state index contributed by atoms with van der Waals surface area (Å²) in [4.78, 5) is 15.5. The number of hydrogen-bond donors (Lipinski definition) is 1. The molecule has 9 heteroatoms. The van der Waals surface area contributed by atoms with E-state index in [0.29, 0.717) is 32.6 Å². The van der Waals surface area contributed by atoms with E-state index in [0.717, 1.165) is 5.56 Å². The lowest BCUT2D eigenvalue weighted by Crippen LogP contribution is -2.40. The van der Waals surface area contributed by atoms with Gasteiger partial charge in [0, 0.05) is 19.6 Å². The van der Waals surface area contributed by atoms with Crippen molar-refractivity contribution in [1.82, 2.24) is 9.80 Å². The number of carbonyl (C=O) groups excluding carboxylic acids is 1. The normalized spacial score (nSPS) is 18.2. The van der Waals surface area contributed by atoms with Gasteiger partial charge in [0.15, 0.2) is 0 Å². The van der Waals surface area contributed by atoms with Crippen molar-refractivity contribution in [2.45, 2.75) is 25.6 Å². The average Bonchev–Trinajstić information content (AvgIpc) is 3.01. The largest absolute Gasteiger partial charge is 0.401 e. The maximum atomic E-state index is 12.5. The Labute approximate surface area is 164 Å². The first-order valence-corrected chi connectivity index (χ1v) is 8.18. The zero-order valence-electron chi connectivity index (χ0n) is 14.6. The predicted molar refractivity (Wildman–Crippen MR) is 101 cm³/mol. The number of carbonyl (C=O) groups is 1. The Morgan fingerprint density at radius 2 is 1.92 bits per heavy atom. The van der Waals surface area contributed by atoms with Gasteiger partial charge in [-0.05, 0) is 24.4 Å². The van der Waals surface area contributed by atoms with Gasteiger partial charge >= 0.3 is 6.18 Å². The summed E-state index contributed by atoms with van der Waals surface area (Å²) in [5, 5.41) is 0. The smallest absolute Gasteiger partial charge is 0.341 e. The van der Waals surface area contributed by atoms with E-state index in [1.165, 1.54) is 4.90 Å². The van der Waals surface area contributed by atoms with Crippen LogP contribution in [0.2, 0.25) is 0 Å². The second kappa shape index (κ2) is 11.0. The van der Waals surface area contributed by atoms with E-state index in [1.807, 2.05) is 18.2 Å². The SMILES string of the molecule is CCN(CC1CCN(C(=O)C(N)c2ccccc2)C1)CC(F)(F)F.Cl.Cl. The van der Waals surface area contributed by atoms with Crippen LogP contribution in [-0.2, 0) is 4.79 Å². The Hall–Kier alpha value is -1.02. The molecule has 1 aliphatic rings. The van der Waals surface area contributed by atoms with Crippen LogP contribution in [-0.4, -0.2) is 54.6 Å². The van der Waals surface area contributed by atoms with Crippen LogP contribution in [0.25, 0.3) is 0 Å². The van der Waals surface area contributed by atoms with Gasteiger partial charge in [0.25, 0.3) is 0 Å². The molecule has 2 rings (SSSR count). The highest BCUT2D eigenvalue weighted by atomic mass is 35.5. The van der Waals surface area contributed by atoms with Crippen LogP contribution in [0.15, 0.2) is 30.3 Å². The molecule has 4 nitrogen and oxygen atoms in total. The first kappa shape index (κ1) is 25.0. The minimum absolute atomic E-state index is 0. The van der Waals surface area contributed by atoms with E-state index in [4.69, 9.17) is 5.73 Å². The fraction of sp³-hybridized carbons (Fsp3) is 0.588. The first-order valence-electron chi connectivity index (χ1n) is 8.18. The van der Waals surface area contributed by atoms with Gasteiger partial charge in [-0.1, -0.05) is 37.3 Å². The maximum absolute atomic E-state index is 12.5. The molecule has 0 saturated carbocycles. The van der Waals surface area contributed by atoms with Gasteiger partial charge in [0.2, 0.25) is 5.91 Å². The Morgan fingerprint density at radius 1 is 1.31 bits per heavy atom. The average molecular weight is 416 g/mol. The highest BCUT2D eigenvalue weighted by Crippen LogP contribution is 2.23. The van der Waals surface area contributed by atoms with Gasteiger partial charge < -0.3 is 10.6 Å². The number of likely N-dealkylation sites (tertiary alicyclic amines) is 1. The molecule has 2 N–H and O–H groups in total. The van der Waals surface area contributed by atoms with Crippen LogP contribution in [0.1, 0.15) is 24.9 Å². The molecule has 1 aliphatic heterocycles. The van der Waals surface area contributed by atoms with Crippen LogP contribution in [0, 0.1) is 5.92 Å². The Kier molecular flexibility index (Phi) is 10.5. The number of nitrogens with two attached hydrogens (primary N) is 1. The molecule has 0 bridgehead atoms. The number of rotatable bonds is 6. The number of nitrogens with zero attached hydrogens (tertiary/aromatic N) is 2. The van der Waals surface area contributed by atoms with E-state index in [9.17, 15) is 18.0 Å². The second-order valence-corrected chi connectivity index (χ2v) is 6.27. The molecule has 1 saturated heterocycles. The third-order valence-corrected chi connectivity index (χ3v) is 4.39. The van der Waals surface area contributed by atoms with E-state index in [1.54, 1.807) is 24.0 Å². The summed E-state index contributed by atoms with van der Waals surface area (Å²) in [5.41, 5.74) is 6.77. The van der Waals surface area contributed by atoms with Crippen molar-refractivity contribution in [3.8, 4) is 0 Å². The molecule has 2 atom stereocenters. The molecule has 1 amide bonds. The van der Waals surface area contributed by atoms with Crippen LogP contribution in [0.5, 0.6) is 0 Å². The second-order valence-electron chi connectivity index (χ2n) is 6.27. The third-order valence-electron chi connectivity index (χ3n) is 4.39. The maximum Gasteiger partial charge on any atom is 0.401 e. The Balaban J connectivity index is 0.00000312. The van der Waals surface area contributed by atoms with Crippen molar-refractivity contribution in [2.24, 2.45) is 11.7 Å². The summed E-state index contributed by atoms with van der Waals surface area (Å²) in [6.45, 7) is 2.52. The molecule has 1 aromatic carbocycles. The highest BCUT2D eigenvalue weighted by molar-refractivity contribution is 5.85. The van der Waals surface area contributed by atoms with Crippen molar-refractivity contribution in [2.75, 3.05) is 32.7 Å². The van der Waals surface area contributed by atoms with Crippen LogP contribution >= 0.6 is 24.8 Å². The monoisotopic (exact) mass is 415 g/mol. The molecule has 1 heterocycles. The Bertz CT molecular complexity index is 546. The van der Waals surface area contributed by atoms with Crippen molar-refractivity contribution in [3.63, 3.8) is 0 Å². The van der Waals surface area contributed by atoms with Crippen molar-refractivity contribution in [1.29, 1.82) is 0 Å². The molecule has 0 spiro atoms. The van der Waals surface area contributed by atoms with E-state index in [-0.39, 0.29) is 36.6 Å². The fourth-order valence-electron chi connectivity index (χ4n) is 3.11. The van der Waals surface area contributed by atoms with Crippen molar-refractivity contribution >= 4 is 30.7 Å². The zero-order chi connectivity index (χ0) is 17.7. The van der Waals surface area contributed by atoms with Gasteiger partial charge in [0.1, 0.15) is 6.04 Å². The highest BCUT2D eigenvalue weighted by Gasteiger charge is 2.34. The number of halogens is 5. The van der Waals surface area contributed by atoms with E-state index in [2.05, 4.69) is 0 Å². The summed E-state index contributed by atoms with van der Waals surface area (Å²) in [7, 11) is 0. The molecular formula is C17H26Cl2F3N3O. The first-order chi connectivity index (χ1) is 11.3. The molecule has 150 valence electrons. The summed E-state index contributed by atoms with van der Waals surface area (Å²) >= 11 is 0. The molecule has 0 aromatic heterocycles. The fourth-order valence-corrected chi connectivity index (χ4v) is 3.11. The van der Waals surface area contributed by atoms with Gasteiger partial charge in [0.05, 0.1) is 6.54 Å².